The van der Waals surface area contributed by atoms with E-state index in [2.05, 4.69) is 56.7 Å². The monoisotopic (exact) mass is 703 g/mol. The van der Waals surface area contributed by atoms with Gasteiger partial charge in [-0.05, 0) is 75.3 Å². The van der Waals surface area contributed by atoms with Crippen LogP contribution in [0, 0.1) is 0 Å². The third-order valence-electron chi connectivity index (χ3n) is 8.90. The van der Waals surface area contributed by atoms with E-state index >= 15 is 0 Å². The average molecular weight is 703 g/mol. The van der Waals surface area contributed by atoms with Crippen molar-refractivity contribution in [1.82, 2.24) is 10.6 Å². The molecule has 0 radical (unpaired) electrons. The van der Waals surface area contributed by atoms with Crippen molar-refractivity contribution in [1.29, 1.82) is 0 Å². The molecule has 0 spiro atoms. The average Bonchev–Trinajstić information content (AvgIpc) is 3.10. The summed E-state index contributed by atoms with van der Waals surface area (Å²) in [5.74, 6) is 0.0560. The summed E-state index contributed by atoms with van der Waals surface area (Å²) in [4.78, 5) is 29.9. The van der Waals surface area contributed by atoms with E-state index in [0.29, 0.717) is 38.8 Å². The number of carbonyl (C=O) groups is 2. The van der Waals surface area contributed by atoms with E-state index in [4.69, 9.17) is 11.1 Å². The van der Waals surface area contributed by atoms with Crippen LogP contribution in [0.4, 0.5) is 0 Å². The van der Waals surface area contributed by atoms with Gasteiger partial charge in [-0.1, -0.05) is 125 Å². The molecule has 4 unspecified atom stereocenters. The van der Waals surface area contributed by atoms with Crippen LogP contribution < -0.4 is 10.6 Å². The van der Waals surface area contributed by atoms with Crippen LogP contribution in [0.3, 0.4) is 0 Å². The van der Waals surface area contributed by atoms with Gasteiger partial charge in [0.15, 0.2) is 0 Å². The molecule has 0 aromatic carbocycles. The first-order valence-corrected chi connectivity index (χ1v) is 19.7. The first kappa shape index (κ1) is 47.0. The number of unbranched alkanes of at least 4 members (excludes halogenated alkanes) is 14. The van der Waals surface area contributed by atoms with Gasteiger partial charge in [-0.25, -0.2) is 0 Å². The molecule has 4 N–H and O–H groups in total. The Morgan fingerprint density at radius 1 is 0.580 bits per heavy atom. The Labute approximate surface area is 302 Å². The Morgan fingerprint density at radius 3 is 1.34 bits per heavy atom. The molecule has 0 saturated carbocycles. The molecular formula is C38H70N8O4. The molecular weight excluding hydrogens is 632 g/mol. The molecule has 0 rings (SSSR count). The highest BCUT2D eigenvalue weighted by atomic mass is 16.3. The van der Waals surface area contributed by atoms with Gasteiger partial charge < -0.3 is 20.8 Å². The van der Waals surface area contributed by atoms with Crippen LogP contribution in [0.5, 0.6) is 0 Å². The van der Waals surface area contributed by atoms with Crippen molar-refractivity contribution in [2.24, 2.45) is 10.2 Å². The summed E-state index contributed by atoms with van der Waals surface area (Å²) in [7, 11) is 0. The zero-order valence-corrected chi connectivity index (χ0v) is 31.4. The summed E-state index contributed by atoms with van der Waals surface area (Å²) >= 11 is 0. The van der Waals surface area contributed by atoms with Gasteiger partial charge in [0, 0.05) is 35.8 Å². The first-order valence-electron chi connectivity index (χ1n) is 19.7. The van der Waals surface area contributed by atoms with Crippen LogP contribution in [0.15, 0.2) is 34.5 Å². The highest BCUT2D eigenvalue weighted by molar-refractivity contribution is 5.77. The molecule has 0 saturated heterocycles. The van der Waals surface area contributed by atoms with E-state index in [0.717, 1.165) is 128 Å². The van der Waals surface area contributed by atoms with E-state index < -0.39 is 12.2 Å². The van der Waals surface area contributed by atoms with E-state index in [1.165, 1.54) is 0 Å². The normalized spacial score (nSPS) is 13.8. The van der Waals surface area contributed by atoms with Gasteiger partial charge in [0.25, 0.3) is 0 Å². The van der Waals surface area contributed by atoms with Crippen LogP contribution in [-0.2, 0) is 9.59 Å². The maximum atomic E-state index is 12.1. The van der Waals surface area contributed by atoms with E-state index in [9.17, 15) is 19.8 Å². The van der Waals surface area contributed by atoms with Crippen LogP contribution in [0.1, 0.15) is 168 Å². The van der Waals surface area contributed by atoms with Crippen molar-refractivity contribution >= 4 is 11.8 Å². The maximum absolute atomic E-state index is 12.1. The third kappa shape index (κ3) is 29.8. The summed E-state index contributed by atoms with van der Waals surface area (Å²) in [5, 5.41) is 34.0. The minimum atomic E-state index is -0.630. The Hall–Kier alpha value is -3.04. The number of amides is 2. The van der Waals surface area contributed by atoms with Gasteiger partial charge in [0.05, 0.1) is 24.3 Å². The van der Waals surface area contributed by atoms with Crippen LogP contribution >= 0.6 is 0 Å². The lowest BCUT2D eigenvalue weighted by atomic mass is 10.0. The van der Waals surface area contributed by atoms with Crippen molar-refractivity contribution in [3.63, 3.8) is 0 Å². The minimum absolute atomic E-state index is 0.0280. The maximum Gasteiger partial charge on any atom is 0.220 e. The fourth-order valence-corrected chi connectivity index (χ4v) is 5.75. The number of aliphatic hydroxyl groups is 2. The molecule has 0 aliphatic rings. The summed E-state index contributed by atoms with van der Waals surface area (Å²) in [6.45, 7) is 5.14. The Kier molecular flexibility index (Phi) is 33.6. The highest BCUT2D eigenvalue weighted by Crippen LogP contribution is 2.16. The van der Waals surface area contributed by atoms with Crippen molar-refractivity contribution in [3.05, 3.63) is 45.2 Å². The molecule has 4 atom stereocenters. The fraction of sp³-hybridized carbons (Fsp3) is 0.842. The largest absolute Gasteiger partial charge is 0.392 e. The summed E-state index contributed by atoms with van der Waals surface area (Å²) < 4.78 is 0. The number of nitrogens with one attached hydrogen (secondary N) is 2. The summed E-state index contributed by atoms with van der Waals surface area (Å²) in [5.41, 5.74) is 17.5. The van der Waals surface area contributed by atoms with Gasteiger partial charge in [0.1, 0.15) is 0 Å². The molecule has 0 aliphatic carbocycles. The van der Waals surface area contributed by atoms with E-state index in [1.54, 1.807) is 0 Å². The Bertz CT molecular complexity index is 917. The smallest absolute Gasteiger partial charge is 0.220 e. The lowest BCUT2D eigenvalue weighted by Gasteiger charge is -2.16. The molecule has 12 nitrogen and oxygen atoms in total. The number of allylic oxidation sites excluding steroid dienone is 2. The molecule has 0 heterocycles. The highest BCUT2D eigenvalue weighted by Gasteiger charge is 2.17. The fourth-order valence-electron chi connectivity index (χ4n) is 5.75. The standard InChI is InChI=1S/C38H70N8O4/c1-3-5-19-25-33(43-45-39)35(47)27-21-15-11-7-9-13-17-23-29-37(49)41-31-32-42-38(50)30-24-18-14-10-8-12-16-22-28-36(48)34(44-46-40)26-20-6-4-2/h15-16,21-22,33-36,47-48H,3-14,17-20,23-32H2,1-2H3,(H,41,49)(H,42,50). The van der Waals surface area contributed by atoms with Crippen molar-refractivity contribution < 1.29 is 19.8 Å². The first-order chi connectivity index (χ1) is 24.4. The second-order valence-corrected chi connectivity index (χ2v) is 13.4. The predicted molar refractivity (Wildman–Crippen MR) is 204 cm³/mol. The van der Waals surface area contributed by atoms with Gasteiger partial charge in [-0.2, -0.15) is 0 Å². The number of hydrogen-bond donors (Lipinski definition) is 4. The van der Waals surface area contributed by atoms with Gasteiger partial charge >= 0.3 is 0 Å². The molecule has 0 bridgehead atoms. The Balaban J connectivity index is 3.68. The van der Waals surface area contributed by atoms with E-state index in [-0.39, 0.29) is 23.9 Å². The van der Waals surface area contributed by atoms with Crippen molar-refractivity contribution in [3.8, 4) is 0 Å². The molecule has 0 aliphatic heterocycles. The zero-order chi connectivity index (χ0) is 36.9. The van der Waals surface area contributed by atoms with Gasteiger partial charge in [-0.3, -0.25) is 9.59 Å². The number of carbonyl (C=O) groups excluding carboxylic acids is 2. The van der Waals surface area contributed by atoms with Crippen LogP contribution in [0.2, 0.25) is 0 Å². The SMILES string of the molecule is CCCCCC(N=[N+]=[N-])C(O)CC=CCCCCCCCC(=O)NCCNC(=O)CCCCCCCC=CCC(O)C(CCCCC)N=[N+]=[N-]. The summed E-state index contributed by atoms with van der Waals surface area (Å²) in [6.07, 6.45) is 28.8. The predicted octanol–water partition coefficient (Wildman–Crippen LogP) is 9.81. The lowest BCUT2D eigenvalue weighted by molar-refractivity contribution is -0.123. The Morgan fingerprint density at radius 2 is 0.960 bits per heavy atom. The van der Waals surface area contributed by atoms with Crippen LogP contribution in [-0.4, -0.2) is 59.4 Å². The zero-order valence-electron chi connectivity index (χ0n) is 31.4. The molecule has 0 aromatic rings. The van der Waals surface area contributed by atoms with Gasteiger partial charge in [0.2, 0.25) is 11.8 Å². The molecule has 0 fully saturated rings. The second-order valence-electron chi connectivity index (χ2n) is 13.4. The second kappa shape index (κ2) is 35.8. The van der Waals surface area contributed by atoms with Crippen LogP contribution in [0.25, 0.3) is 20.9 Å². The summed E-state index contributed by atoms with van der Waals surface area (Å²) in [6, 6.07) is -0.712. The number of rotatable bonds is 35. The topological polar surface area (TPSA) is 196 Å². The van der Waals surface area contributed by atoms with Crippen molar-refractivity contribution in [2.45, 2.75) is 192 Å². The quantitative estimate of drug-likeness (QED) is 0.0168. The lowest BCUT2D eigenvalue weighted by Crippen LogP contribution is -2.34. The number of azide groups is 2. The molecule has 12 heteroatoms. The molecule has 0 aromatic heterocycles. The third-order valence-corrected chi connectivity index (χ3v) is 8.90. The number of nitrogens with zero attached hydrogens (tertiary/aromatic N) is 6. The number of hydrogen-bond acceptors (Lipinski definition) is 6. The van der Waals surface area contributed by atoms with E-state index in [1.807, 2.05) is 12.2 Å². The number of aliphatic hydroxyl groups excluding tert-OH is 2. The molecule has 2 amide bonds. The molecule has 286 valence electrons. The molecule has 50 heavy (non-hydrogen) atoms. The van der Waals surface area contributed by atoms with Crippen molar-refractivity contribution in [2.75, 3.05) is 13.1 Å². The minimum Gasteiger partial charge on any atom is -0.392 e. The van der Waals surface area contributed by atoms with Gasteiger partial charge in [-0.15, -0.1) is 0 Å².